The van der Waals surface area contributed by atoms with Gasteiger partial charge >= 0.3 is 0 Å². The van der Waals surface area contributed by atoms with E-state index in [2.05, 4.69) is 0 Å². The van der Waals surface area contributed by atoms with Crippen LogP contribution >= 0.6 is 0 Å². The Hall–Kier alpha value is -1.37. The Morgan fingerprint density at radius 2 is 1.75 bits per heavy atom. The molecule has 4 nitrogen and oxygen atoms in total. The molecule has 0 saturated carbocycles. The second-order valence-electron chi connectivity index (χ2n) is 4.31. The van der Waals surface area contributed by atoms with Gasteiger partial charge in [0.2, 0.25) is 0 Å². The molecule has 0 fully saturated rings. The van der Waals surface area contributed by atoms with Crippen LogP contribution in [-0.4, -0.2) is 57.8 Å². The summed E-state index contributed by atoms with van der Waals surface area (Å²) in [5.74, 6) is -1.81. The third-order valence-corrected chi connectivity index (χ3v) is 2.82. The summed E-state index contributed by atoms with van der Waals surface area (Å²) >= 11 is 0. The van der Waals surface area contributed by atoms with E-state index in [9.17, 15) is 13.6 Å². The second-order valence-corrected chi connectivity index (χ2v) is 4.31. The van der Waals surface area contributed by atoms with E-state index in [0.29, 0.717) is 26.3 Å². The summed E-state index contributed by atoms with van der Waals surface area (Å²) in [5.41, 5.74) is -0.232. The maximum atomic E-state index is 13.5. The van der Waals surface area contributed by atoms with Crippen molar-refractivity contribution in [1.82, 2.24) is 4.90 Å². The predicted octanol–water partition coefficient (Wildman–Crippen LogP) is 1.74. The van der Waals surface area contributed by atoms with Crippen molar-refractivity contribution in [3.8, 4) is 0 Å². The van der Waals surface area contributed by atoms with Crippen molar-refractivity contribution in [3.63, 3.8) is 0 Å². The lowest BCUT2D eigenvalue weighted by Crippen LogP contribution is -2.35. The molecule has 1 rings (SSSR count). The molecule has 0 unspecified atom stereocenters. The number of hydrogen-bond donors (Lipinski definition) is 0. The molecule has 0 saturated heterocycles. The van der Waals surface area contributed by atoms with Gasteiger partial charge in [0.15, 0.2) is 5.78 Å². The van der Waals surface area contributed by atoms with Crippen molar-refractivity contribution in [3.05, 3.63) is 35.4 Å². The molecule has 0 N–H and O–H groups in total. The van der Waals surface area contributed by atoms with Gasteiger partial charge in [-0.15, -0.1) is 0 Å². The first-order chi connectivity index (χ1) is 9.58. The first-order valence-electron chi connectivity index (χ1n) is 6.27. The molecule has 0 aliphatic rings. The molecule has 0 aliphatic heterocycles. The van der Waals surface area contributed by atoms with E-state index in [4.69, 9.17) is 9.47 Å². The number of halogens is 2. The zero-order valence-corrected chi connectivity index (χ0v) is 11.7. The molecule has 0 spiro atoms. The van der Waals surface area contributed by atoms with Crippen LogP contribution in [0, 0.1) is 11.6 Å². The van der Waals surface area contributed by atoms with Gasteiger partial charge in [0.1, 0.15) is 11.6 Å². The number of rotatable bonds is 9. The van der Waals surface area contributed by atoms with Gasteiger partial charge in [0.25, 0.3) is 0 Å². The Morgan fingerprint density at radius 3 is 2.30 bits per heavy atom. The summed E-state index contributed by atoms with van der Waals surface area (Å²) in [4.78, 5) is 13.8. The molecule has 0 heterocycles. The average molecular weight is 287 g/mol. The third-order valence-electron chi connectivity index (χ3n) is 2.82. The van der Waals surface area contributed by atoms with Crippen LogP contribution in [0.4, 0.5) is 8.78 Å². The summed E-state index contributed by atoms with van der Waals surface area (Å²) in [6, 6.07) is 2.86. The van der Waals surface area contributed by atoms with E-state index >= 15 is 0 Å². The summed E-state index contributed by atoms with van der Waals surface area (Å²) in [6.07, 6.45) is 0. The minimum Gasteiger partial charge on any atom is -0.383 e. The van der Waals surface area contributed by atoms with E-state index in [1.807, 2.05) is 0 Å². The highest BCUT2D eigenvalue weighted by Crippen LogP contribution is 2.11. The molecule has 0 aromatic heterocycles. The van der Waals surface area contributed by atoms with Gasteiger partial charge in [0.05, 0.1) is 25.3 Å². The van der Waals surface area contributed by atoms with Gasteiger partial charge < -0.3 is 9.47 Å². The molecule has 0 radical (unpaired) electrons. The molecule has 0 atom stereocenters. The highest BCUT2D eigenvalue weighted by Gasteiger charge is 2.16. The normalized spacial score (nSPS) is 11.1. The molecule has 20 heavy (non-hydrogen) atoms. The molecule has 6 heteroatoms. The van der Waals surface area contributed by atoms with E-state index in [0.717, 1.165) is 18.2 Å². The van der Waals surface area contributed by atoms with Gasteiger partial charge in [-0.2, -0.15) is 0 Å². The van der Waals surface area contributed by atoms with Gasteiger partial charge in [-0.1, -0.05) is 0 Å². The number of nitrogens with zero attached hydrogens (tertiary/aromatic N) is 1. The summed E-state index contributed by atoms with van der Waals surface area (Å²) in [5, 5.41) is 0. The van der Waals surface area contributed by atoms with Crippen molar-refractivity contribution < 1.29 is 23.0 Å². The molecule has 112 valence electrons. The minimum atomic E-state index is -0.713. The van der Waals surface area contributed by atoms with E-state index in [1.165, 1.54) is 0 Å². The predicted molar refractivity (Wildman–Crippen MR) is 70.9 cm³/mol. The smallest absolute Gasteiger partial charge is 0.179 e. The van der Waals surface area contributed by atoms with Crippen molar-refractivity contribution >= 4 is 5.78 Å². The number of Topliss-reactive ketones (excluding diaryl/α,β-unsaturated/α-hetero) is 1. The Bertz CT molecular complexity index is 432. The lowest BCUT2D eigenvalue weighted by atomic mass is 10.1. The molecule has 0 aliphatic carbocycles. The minimum absolute atomic E-state index is 0.00685. The van der Waals surface area contributed by atoms with Crippen LogP contribution in [-0.2, 0) is 9.47 Å². The summed E-state index contributed by atoms with van der Waals surface area (Å²) in [6.45, 7) is 1.92. The number of methoxy groups -OCH3 is 2. The van der Waals surface area contributed by atoms with E-state index < -0.39 is 17.4 Å². The van der Waals surface area contributed by atoms with Gasteiger partial charge in [-0.25, -0.2) is 8.78 Å². The Labute approximate surface area is 117 Å². The topological polar surface area (TPSA) is 38.8 Å². The summed E-state index contributed by atoms with van der Waals surface area (Å²) in [7, 11) is 3.12. The standard InChI is InChI=1S/C14H19F2NO3/c1-19-7-5-17(6-8-20-2)10-14(18)12-9-11(15)3-4-13(12)16/h3-4,9H,5-8,10H2,1-2H3. The number of carbonyl (C=O) groups excluding carboxylic acids is 1. The van der Waals surface area contributed by atoms with Gasteiger partial charge in [0, 0.05) is 27.3 Å². The fraction of sp³-hybridized carbons (Fsp3) is 0.500. The van der Waals surface area contributed by atoms with Crippen LogP contribution in [0.15, 0.2) is 18.2 Å². The summed E-state index contributed by atoms with van der Waals surface area (Å²) < 4.78 is 36.5. The quantitative estimate of drug-likeness (QED) is 0.649. The largest absolute Gasteiger partial charge is 0.383 e. The first-order valence-corrected chi connectivity index (χ1v) is 6.27. The fourth-order valence-corrected chi connectivity index (χ4v) is 1.71. The maximum absolute atomic E-state index is 13.5. The zero-order chi connectivity index (χ0) is 15.0. The van der Waals surface area contributed by atoms with Crippen molar-refractivity contribution in [1.29, 1.82) is 0 Å². The van der Waals surface area contributed by atoms with Crippen LogP contribution in [0.2, 0.25) is 0 Å². The molecule has 0 amide bonds. The highest BCUT2D eigenvalue weighted by molar-refractivity contribution is 5.97. The molecule has 1 aromatic carbocycles. The number of carbonyl (C=O) groups is 1. The van der Waals surface area contributed by atoms with E-state index in [-0.39, 0.29) is 12.1 Å². The average Bonchev–Trinajstić information content (AvgIpc) is 2.44. The SMILES string of the molecule is COCCN(CCOC)CC(=O)c1cc(F)ccc1F. The van der Waals surface area contributed by atoms with Crippen LogP contribution in [0.3, 0.4) is 0 Å². The van der Waals surface area contributed by atoms with Crippen molar-refractivity contribution in [2.75, 3.05) is 47.1 Å². The van der Waals surface area contributed by atoms with Crippen LogP contribution in [0.25, 0.3) is 0 Å². The Kier molecular flexibility index (Phi) is 7.28. The Morgan fingerprint density at radius 1 is 1.15 bits per heavy atom. The third kappa shape index (κ3) is 5.32. The lowest BCUT2D eigenvalue weighted by Gasteiger charge is -2.20. The number of ketones is 1. The van der Waals surface area contributed by atoms with Crippen LogP contribution in [0.1, 0.15) is 10.4 Å². The molecular weight excluding hydrogens is 268 g/mol. The Balaban J connectivity index is 2.70. The lowest BCUT2D eigenvalue weighted by molar-refractivity contribution is 0.0833. The van der Waals surface area contributed by atoms with Crippen LogP contribution < -0.4 is 0 Å². The van der Waals surface area contributed by atoms with Gasteiger partial charge in [-0.05, 0) is 18.2 Å². The molecule has 1 aromatic rings. The van der Waals surface area contributed by atoms with Crippen molar-refractivity contribution in [2.45, 2.75) is 0 Å². The zero-order valence-electron chi connectivity index (χ0n) is 11.7. The fourth-order valence-electron chi connectivity index (χ4n) is 1.71. The van der Waals surface area contributed by atoms with Crippen LogP contribution in [0.5, 0.6) is 0 Å². The number of benzene rings is 1. The second kappa shape index (κ2) is 8.73. The number of hydrogen-bond acceptors (Lipinski definition) is 4. The monoisotopic (exact) mass is 287 g/mol. The highest BCUT2D eigenvalue weighted by atomic mass is 19.1. The number of ether oxygens (including phenoxy) is 2. The maximum Gasteiger partial charge on any atom is 0.179 e. The first kappa shape index (κ1) is 16.7. The van der Waals surface area contributed by atoms with Gasteiger partial charge in [-0.3, -0.25) is 9.69 Å². The van der Waals surface area contributed by atoms with E-state index in [1.54, 1.807) is 19.1 Å². The molecular formula is C14H19F2NO3. The molecule has 0 bridgehead atoms. The van der Waals surface area contributed by atoms with Crippen molar-refractivity contribution in [2.24, 2.45) is 0 Å².